The molecule has 0 bridgehead atoms. The Morgan fingerprint density at radius 1 is 1.00 bits per heavy atom. The third kappa shape index (κ3) is 3.80. The summed E-state index contributed by atoms with van der Waals surface area (Å²) >= 11 is 0. The number of Topliss-reactive ketones (excluding diaryl/α,β-unsaturated/α-hetero) is 1. The molecule has 1 saturated heterocycles. The average Bonchev–Trinajstić information content (AvgIpc) is 2.56. The van der Waals surface area contributed by atoms with E-state index in [0.717, 1.165) is 25.9 Å². The van der Waals surface area contributed by atoms with Crippen LogP contribution in [0, 0.1) is 5.92 Å². The van der Waals surface area contributed by atoms with E-state index in [2.05, 4.69) is 11.8 Å². The molecule has 0 aromatic heterocycles. The minimum Gasteiger partial charge on any atom is -0.298 e. The quantitative estimate of drug-likeness (QED) is 0.750. The number of hydrogen-bond donors (Lipinski definition) is 0. The van der Waals surface area contributed by atoms with Crippen LogP contribution in [0.3, 0.4) is 0 Å². The Labute approximate surface area is 106 Å². The Balaban J connectivity index is 1.83. The fourth-order valence-corrected chi connectivity index (χ4v) is 3.32. The number of likely N-dealkylation sites (tertiary alicyclic amines) is 1. The molecule has 0 amide bonds. The summed E-state index contributed by atoms with van der Waals surface area (Å²) in [7, 11) is 0. The second-order valence-electron chi connectivity index (χ2n) is 5.97. The summed E-state index contributed by atoms with van der Waals surface area (Å²) in [5.41, 5.74) is 0. The maximum Gasteiger partial charge on any atom is 0.149 e. The average molecular weight is 237 g/mol. The molecule has 1 unspecified atom stereocenters. The first-order valence-electron chi connectivity index (χ1n) is 7.54. The zero-order chi connectivity index (χ0) is 12.1. The molecule has 2 aliphatic rings. The summed E-state index contributed by atoms with van der Waals surface area (Å²) in [5.74, 6) is 0.914. The third-order valence-electron chi connectivity index (χ3n) is 4.61. The largest absolute Gasteiger partial charge is 0.298 e. The number of carbonyl (C=O) groups excluding carboxylic acids is 1. The minimum absolute atomic E-state index is 0.388. The van der Waals surface area contributed by atoms with E-state index >= 15 is 0 Å². The van der Waals surface area contributed by atoms with Crippen LogP contribution < -0.4 is 0 Å². The Hall–Kier alpha value is -0.370. The molecule has 1 aliphatic carbocycles. The van der Waals surface area contributed by atoms with Crippen LogP contribution in [0.5, 0.6) is 0 Å². The molecule has 0 aromatic rings. The first kappa shape index (κ1) is 13.1. The fourth-order valence-electron chi connectivity index (χ4n) is 3.32. The van der Waals surface area contributed by atoms with Crippen LogP contribution in [0.1, 0.15) is 64.7 Å². The van der Waals surface area contributed by atoms with E-state index in [-0.39, 0.29) is 0 Å². The van der Waals surface area contributed by atoms with Crippen LogP contribution >= 0.6 is 0 Å². The van der Waals surface area contributed by atoms with E-state index in [1.807, 2.05) is 0 Å². The van der Waals surface area contributed by atoms with Crippen LogP contribution in [-0.2, 0) is 4.79 Å². The number of nitrogens with zero attached hydrogens (tertiary/aromatic N) is 1. The standard InChI is InChI=1S/C15H27NO/c1-13-8-4-3-7-11-16(13)12-15(17)14-9-5-2-6-10-14/h13-14H,2-12H2,1H3. The molecule has 0 radical (unpaired) electrons. The number of carbonyl (C=O) groups is 1. The molecular weight excluding hydrogens is 210 g/mol. The Morgan fingerprint density at radius 2 is 1.65 bits per heavy atom. The summed E-state index contributed by atoms with van der Waals surface area (Å²) in [4.78, 5) is 14.7. The lowest BCUT2D eigenvalue weighted by molar-refractivity contribution is -0.125. The maximum atomic E-state index is 12.3. The molecule has 0 aromatic carbocycles. The van der Waals surface area contributed by atoms with Gasteiger partial charge in [-0.3, -0.25) is 9.69 Å². The van der Waals surface area contributed by atoms with Gasteiger partial charge in [-0.2, -0.15) is 0 Å². The molecule has 98 valence electrons. The van der Waals surface area contributed by atoms with Crippen molar-refractivity contribution in [2.24, 2.45) is 5.92 Å². The van der Waals surface area contributed by atoms with Gasteiger partial charge in [0.25, 0.3) is 0 Å². The summed E-state index contributed by atoms with van der Waals surface area (Å²) in [5, 5.41) is 0. The second kappa shape index (κ2) is 6.53. The molecule has 17 heavy (non-hydrogen) atoms. The van der Waals surface area contributed by atoms with Crippen molar-refractivity contribution in [2.45, 2.75) is 70.8 Å². The smallest absolute Gasteiger partial charge is 0.149 e. The molecule has 2 fully saturated rings. The summed E-state index contributed by atoms with van der Waals surface area (Å²) in [6.45, 7) is 4.16. The van der Waals surface area contributed by atoms with Crippen molar-refractivity contribution in [1.29, 1.82) is 0 Å². The normalized spacial score (nSPS) is 28.9. The fraction of sp³-hybridized carbons (Fsp3) is 0.933. The van der Waals surface area contributed by atoms with E-state index in [9.17, 15) is 4.79 Å². The van der Waals surface area contributed by atoms with E-state index < -0.39 is 0 Å². The van der Waals surface area contributed by atoms with Crippen LogP contribution in [0.2, 0.25) is 0 Å². The van der Waals surface area contributed by atoms with Gasteiger partial charge in [0.05, 0.1) is 6.54 Å². The molecule has 1 aliphatic heterocycles. The van der Waals surface area contributed by atoms with E-state index in [4.69, 9.17) is 0 Å². The van der Waals surface area contributed by atoms with Gasteiger partial charge in [0.2, 0.25) is 0 Å². The SMILES string of the molecule is CC1CCCCCN1CC(=O)C1CCCCC1. The monoisotopic (exact) mass is 237 g/mol. The summed E-state index contributed by atoms with van der Waals surface area (Å²) in [6, 6.07) is 0.616. The van der Waals surface area contributed by atoms with Crippen molar-refractivity contribution >= 4 is 5.78 Å². The Kier molecular flexibility index (Phi) is 5.02. The highest BCUT2D eigenvalue weighted by atomic mass is 16.1. The first-order chi connectivity index (χ1) is 8.27. The zero-order valence-electron chi connectivity index (χ0n) is 11.3. The predicted molar refractivity (Wildman–Crippen MR) is 71.1 cm³/mol. The second-order valence-corrected chi connectivity index (χ2v) is 5.97. The predicted octanol–water partition coefficient (Wildman–Crippen LogP) is 3.40. The zero-order valence-corrected chi connectivity index (χ0v) is 11.3. The van der Waals surface area contributed by atoms with Crippen LogP contribution in [0.4, 0.5) is 0 Å². The van der Waals surface area contributed by atoms with E-state index in [1.165, 1.54) is 44.9 Å². The third-order valence-corrected chi connectivity index (χ3v) is 4.61. The molecule has 2 nitrogen and oxygen atoms in total. The van der Waals surface area contributed by atoms with Gasteiger partial charge >= 0.3 is 0 Å². The van der Waals surface area contributed by atoms with Gasteiger partial charge in [0.1, 0.15) is 5.78 Å². The number of rotatable bonds is 3. The van der Waals surface area contributed by atoms with Gasteiger partial charge < -0.3 is 0 Å². The molecule has 2 heteroatoms. The topological polar surface area (TPSA) is 20.3 Å². The highest BCUT2D eigenvalue weighted by molar-refractivity contribution is 5.83. The molecule has 0 N–H and O–H groups in total. The van der Waals surface area contributed by atoms with Gasteiger partial charge in [-0.25, -0.2) is 0 Å². The minimum atomic E-state index is 0.388. The van der Waals surface area contributed by atoms with Gasteiger partial charge in [-0.1, -0.05) is 32.1 Å². The highest BCUT2D eigenvalue weighted by Crippen LogP contribution is 2.25. The lowest BCUT2D eigenvalue weighted by atomic mass is 9.86. The lowest BCUT2D eigenvalue weighted by Gasteiger charge is -2.29. The highest BCUT2D eigenvalue weighted by Gasteiger charge is 2.25. The number of hydrogen-bond acceptors (Lipinski definition) is 2. The molecule has 1 heterocycles. The van der Waals surface area contributed by atoms with Crippen molar-refractivity contribution < 1.29 is 4.79 Å². The summed E-state index contributed by atoms with van der Waals surface area (Å²) < 4.78 is 0. The Morgan fingerprint density at radius 3 is 2.41 bits per heavy atom. The lowest BCUT2D eigenvalue weighted by Crippen LogP contribution is -2.39. The van der Waals surface area contributed by atoms with E-state index in [1.54, 1.807) is 0 Å². The van der Waals surface area contributed by atoms with Crippen LogP contribution in [0.25, 0.3) is 0 Å². The number of ketones is 1. The molecule has 2 rings (SSSR count). The molecular formula is C15H27NO. The first-order valence-corrected chi connectivity index (χ1v) is 7.54. The maximum absolute atomic E-state index is 12.3. The van der Waals surface area contributed by atoms with Crippen molar-refractivity contribution in [2.75, 3.05) is 13.1 Å². The Bertz CT molecular complexity index is 245. The van der Waals surface area contributed by atoms with Crippen molar-refractivity contribution in [1.82, 2.24) is 4.90 Å². The molecule has 1 saturated carbocycles. The van der Waals surface area contributed by atoms with E-state index in [0.29, 0.717) is 17.7 Å². The van der Waals surface area contributed by atoms with Gasteiger partial charge in [0, 0.05) is 12.0 Å². The van der Waals surface area contributed by atoms with Crippen molar-refractivity contribution in [3.05, 3.63) is 0 Å². The van der Waals surface area contributed by atoms with Crippen molar-refractivity contribution in [3.8, 4) is 0 Å². The van der Waals surface area contributed by atoms with Crippen LogP contribution in [-0.4, -0.2) is 29.8 Å². The summed E-state index contributed by atoms with van der Waals surface area (Å²) in [6.07, 6.45) is 11.4. The molecule has 0 spiro atoms. The van der Waals surface area contributed by atoms with Gasteiger partial charge in [-0.05, 0) is 39.2 Å². The molecule has 1 atom stereocenters. The van der Waals surface area contributed by atoms with Crippen LogP contribution in [0.15, 0.2) is 0 Å². The van der Waals surface area contributed by atoms with Gasteiger partial charge in [0.15, 0.2) is 0 Å². The van der Waals surface area contributed by atoms with Crippen molar-refractivity contribution in [3.63, 3.8) is 0 Å². The van der Waals surface area contributed by atoms with Gasteiger partial charge in [-0.15, -0.1) is 0 Å².